The Bertz CT molecular complexity index is 242. The fourth-order valence-corrected chi connectivity index (χ4v) is 1.27. The molecule has 0 spiro atoms. The fourth-order valence-electron chi connectivity index (χ4n) is 0.778. The minimum absolute atomic E-state index is 0.282. The number of rotatable bonds is 3. The number of hydrogen-bond donors (Lipinski definition) is 1. The summed E-state index contributed by atoms with van der Waals surface area (Å²) in [5.41, 5.74) is 0. The smallest absolute Gasteiger partial charge is 0.312 e. The first kappa shape index (κ1) is 10.6. The van der Waals surface area contributed by atoms with Gasteiger partial charge in [0.2, 0.25) is 0 Å². The molecule has 0 aromatic rings. The van der Waals surface area contributed by atoms with E-state index in [4.69, 9.17) is 23.2 Å². The van der Waals surface area contributed by atoms with Crippen molar-refractivity contribution in [3.63, 3.8) is 0 Å². The molecule has 1 amide bonds. The van der Waals surface area contributed by atoms with Gasteiger partial charge in [0.1, 0.15) is 4.33 Å². The van der Waals surface area contributed by atoms with E-state index in [0.29, 0.717) is 6.42 Å². The Morgan fingerprint density at radius 2 is 2.15 bits per heavy atom. The van der Waals surface area contributed by atoms with Crippen LogP contribution in [0.1, 0.15) is 6.42 Å². The number of hydrogen-bond acceptors (Lipinski definition) is 3. The molecule has 74 valence electrons. The number of nitrogens with one attached hydrogen (secondary N) is 1. The van der Waals surface area contributed by atoms with Crippen molar-refractivity contribution in [2.24, 2.45) is 5.92 Å². The van der Waals surface area contributed by atoms with E-state index in [2.05, 4.69) is 10.1 Å². The fraction of sp³-hybridized carbons (Fsp3) is 0.714. The average molecular weight is 226 g/mol. The number of halogens is 2. The Balaban J connectivity index is 2.24. The summed E-state index contributed by atoms with van der Waals surface area (Å²) in [6.45, 7) is -0.282. The molecule has 1 rings (SSSR count). The highest BCUT2D eigenvalue weighted by atomic mass is 35.5. The quantitative estimate of drug-likeness (QED) is 0.562. The van der Waals surface area contributed by atoms with Crippen molar-refractivity contribution in [3.8, 4) is 0 Å². The van der Waals surface area contributed by atoms with Gasteiger partial charge in [0.25, 0.3) is 5.91 Å². The Hall–Kier alpha value is -0.480. The maximum Gasteiger partial charge on any atom is 0.312 e. The molecule has 6 heteroatoms. The van der Waals surface area contributed by atoms with Crippen LogP contribution in [-0.4, -0.2) is 29.9 Å². The van der Waals surface area contributed by atoms with E-state index in [0.717, 1.165) is 0 Å². The summed E-state index contributed by atoms with van der Waals surface area (Å²) in [7, 11) is 1.46. The first-order valence-corrected chi connectivity index (χ1v) is 4.48. The molecule has 0 aromatic carbocycles. The van der Waals surface area contributed by atoms with E-state index in [1.807, 2.05) is 0 Å². The number of alkyl halides is 2. The van der Waals surface area contributed by atoms with Crippen LogP contribution in [-0.2, 0) is 14.3 Å². The molecule has 1 aliphatic carbocycles. The van der Waals surface area contributed by atoms with Gasteiger partial charge < -0.3 is 10.1 Å². The summed E-state index contributed by atoms with van der Waals surface area (Å²) in [6, 6.07) is 0. The third-order valence-electron chi connectivity index (χ3n) is 1.73. The lowest BCUT2D eigenvalue weighted by molar-refractivity contribution is -0.149. The highest BCUT2D eigenvalue weighted by Gasteiger charge is 2.57. The molecular weight excluding hydrogens is 217 g/mol. The number of esters is 1. The monoisotopic (exact) mass is 225 g/mol. The average Bonchev–Trinajstić information content (AvgIpc) is 2.70. The molecule has 1 fully saturated rings. The van der Waals surface area contributed by atoms with Crippen LogP contribution in [0.3, 0.4) is 0 Å². The van der Waals surface area contributed by atoms with Crippen LogP contribution in [0.4, 0.5) is 0 Å². The van der Waals surface area contributed by atoms with Crippen LogP contribution in [0.15, 0.2) is 0 Å². The van der Waals surface area contributed by atoms with Crippen molar-refractivity contribution in [3.05, 3.63) is 0 Å². The van der Waals surface area contributed by atoms with Crippen molar-refractivity contribution >= 4 is 35.1 Å². The van der Waals surface area contributed by atoms with Crippen molar-refractivity contribution in [1.29, 1.82) is 0 Å². The van der Waals surface area contributed by atoms with Crippen LogP contribution >= 0.6 is 23.2 Å². The van der Waals surface area contributed by atoms with Crippen LogP contribution in [0.25, 0.3) is 0 Å². The second-order valence-electron chi connectivity index (χ2n) is 2.80. The van der Waals surface area contributed by atoms with E-state index in [1.165, 1.54) is 7.05 Å². The number of amides is 1. The van der Waals surface area contributed by atoms with Gasteiger partial charge in [-0.3, -0.25) is 9.59 Å². The predicted molar refractivity (Wildman–Crippen MR) is 47.6 cm³/mol. The molecular formula is C7H9Cl2NO3. The second-order valence-corrected chi connectivity index (χ2v) is 4.34. The molecule has 13 heavy (non-hydrogen) atoms. The molecule has 1 atom stereocenters. The van der Waals surface area contributed by atoms with E-state index < -0.39 is 16.2 Å². The van der Waals surface area contributed by atoms with Gasteiger partial charge in [0.15, 0.2) is 6.61 Å². The van der Waals surface area contributed by atoms with Gasteiger partial charge >= 0.3 is 5.97 Å². The number of ether oxygens (including phenoxy) is 1. The zero-order valence-corrected chi connectivity index (χ0v) is 8.48. The highest BCUT2D eigenvalue weighted by Crippen LogP contribution is 2.53. The lowest BCUT2D eigenvalue weighted by Gasteiger charge is -2.02. The molecule has 4 nitrogen and oxygen atoms in total. The van der Waals surface area contributed by atoms with Crippen molar-refractivity contribution in [2.75, 3.05) is 13.7 Å². The van der Waals surface area contributed by atoms with Gasteiger partial charge in [0.05, 0.1) is 5.92 Å². The topological polar surface area (TPSA) is 55.4 Å². The van der Waals surface area contributed by atoms with Crippen molar-refractivity contribution < 1.29 is 14.3 Å². The molecule has 1 unspecified atom stereocenters. The molecule has 0 heterocycles. The van der Waals surface area contributed by atoms with Crippen molar-refractivity contribution in [2.45, 2.75) is 10.8 Å². The zero-order valence-electron chi connectivity index (χ0n) is 6.97. The van der Waals surface area contributed by atoms with Gasteiger partial charge in [-0.1, -0.05) is 0 Å². The van der Waals surface area contributed by atoms with E-state index in [-0.39, 0.29) is 12.5 Å². The maximum atomic E-state index is 11.1. The third-order valence-corrected chi connectivity index (χ3v) is 2.57. The van der Waals surface area contributed by atoms with Crippen molar-refractivity contribution in [1.82, 2.24) is 5.32 Å². The summed E-state index contributed by atoms with van der Waals surface area (Å²) < 4.78 is 3.65. The van der Waals surface area contributed by atoms with E-state index >= 15 is 0 Å². The second kappa shape index (κ2) is 3.72. The molecule has 0 radical (unpaired) electrons. The van der Waals surface area contributed by atoms with E-state index in [9.17, 15) is 9.59 Å². The summed E-state index contributed by atoms with van der Waals surface area (Å²) in [5.74, 6) is -1.36. The lowest BCUT2D eigenvalue weighted by atomic mass is 10.4. The molecule has 0 bridgehead atoms. The summed E-state index contributed by atoms with van der Waals surface area (Å²) in [4.78, 5) is 21.7. The molecule has 1 aliphatic rings. The van der Waals surface area contributed by atoms with Crippen LogP contribution in [0, 0.1) is 5.92 Å². The third kappa shape index (κ3) is 2.74. The molecule has 0 aromatic heterocycles. The SMILES string of the molecule is CNC(=O)COC(=O)C1CC1(Cl)Cl. The minimum atomic E-state index is -0.986. The Kier molecular flexibility index (Phi) is 3.03. The van der Waals surface area contributed by atoms with Gasteiger partial charge in [0, 0.05) is 7.05 Å². The van der Waals surface area contributed by atoms with E-state index in [1.54, 1.807) is 0 Å². The van der Waals surface area contributed by atoms with Crippen LogP contribution in [0.5, 0.6) is 0 Å². The van der Waals surface area contributed by atoms with Gasteiger partial charge in [-0.2, -0.15) is 0 Å². The molecule has 1 saturated carbocycles. The first-order valence-electron chi connectivity index (χ1n) is 3.72. The molecule has 0 aliphatic heterocycles. The Labute approximate surface area is 85.5 Å². The largest absolute Gasteiger partial charge is 0.455 e. The number of likely N-dealkylation sites (N-methyl/N-ethyl adjacent to an activating group) is 1. The number of carbonyl (C=O) groups excluding carboxylic acids is 2. The first-order chi connectivity index (χ1) is 5.97. The minimum Gasteiger partial charge on any atom is -0.455 e. The lowest BCUT2D eigenvalue weighted by Crippen LogP contribution is -2.26. The van der Waals surface area contributed by atoms with Gasteiger partial charge in [-0.05, 0) is 6.42 Å². The van der Waals surface area contributed by atoms with Crippen LogP contribution < -0.4 is 5.32 Å². The summed E-state index contributed by atoms with van der Waals surface area (Å²) in [6.07, 6.45) is 0.392. The van der Waals surface area contributed by atoms with Gasteiger partial charge in [-0.25, -0.2) is 0 Å². The predicted octanol–water partition coefficient (Wildman–Crippen LogP) is 0.469. The standard InChI is InChI=1S/C7H9Cl2NO3/c1-10-5(11)3-13-6(12)4-2-7(4,8)9/h4H,2-3H2,1H3,(H,10,11). The summed E-state index contributed by atoms with van der Waals surface area (Å²) >= 11 is 11.2. The molecule has 1 N–H and O–H groups in total. The normalized spacial score (nSPS) is 23.5. The Morgan fingerprint density at radius 3 is 2.54 bits per heavy atom. The number of carbonyl (C=O) groups is 2. The molecule has 0 saturated heterocycles. The maximum absolute atomic E-state index is 11.1. The zero-order chi connectivity index (χ0) is 10.1. The Morgan fingerprint density at radius 1 is 1.62 bits per heavy atom. The van der Waals surface area contributed by atoms with Crippen LogP contribution in [0.2, 0.25) is 0 Å². The highest BCUT2D eigenvalue weighted by molar-refractivity contribution is 6.52. The van der Waals surface area contributed by atoms with Gasteiger partial charge in [-0.15, -0.1) is 23.2 Å². The summed E-state index contributed by atoms with van der Waals surface area (Å²) in [5, 5.41) is 2.32.